The number of hydrogen-bond acceptors (Lipinski definition) is 3. The second-order valence-electron chi connectivity index (χ2n) is 4.49. The van der Waals surface area contributed by atoms with Gasteiger partial charge < -0.3 is 10.4 Å². The Morgan fingerprint density at radius 2 is 1.81 bits per heavy atom. The number of rotatable bonds is 3. The average Bonchev–Trinajstić information content (AvgIpc) is 2.34. The lowest BCUT2D eigenvalue weighted by atomic mass is 10.1. The largest absolute Gasteiger partial charge is 0.478 e. The van der Waals surface area contributed by atoms with Crippen molar-refractivity contribution in [3.8, 4) is 0 Å². The van der Waals surface area contributed by atoms with E-state index >= 15 is 0 Å². The van der Waals surface area contributed by atoms with Crippen LogP contribution in [-0.4, -0.2) is 16.1 Å². The first-order valence-corrected chi connectivity index (χ1v) is 6.68. The summed E-state index contributed by atoms with van der Waals surface area (Å²) in [7, 11) is 0. The molecule has 0 fully saturated rings. The lowest BCUT2D eigenvalue weighted by Gasteiger charge is -2.12. The summed E-state index contributed by atoms with van der Waals surface area (Å²) in [4.78, 5) is 15.5. The fraction of sp³-hybridized carbons (Fsp3) is 0.143. The summed E-state index contributed by atoms with van der Waals surface area (Å²) in [5, 5.41) is 11.8. The minimum Gasteiger partial charge on any atom is -0.478 e. The summed E-state index contributed by atoms with van der Waals surface area (Å²) in [5.41, 5.74) is 1.61. The molecule has 0 saturated carbocycles. The number of benzene rings is 1. The number of nitrogens with zero attached hydrogens (tertiary/aromatic N) is 1. The Balaban J connectivity index is 2.51. The zero-order valence-electron chi connectivity index (χ0n) is 11.2. The van der Waals surface area contributed by atoms with Gasteiger partial charge in [0.1, 0.15) is 11.4 Å². The Morgan fingerprint density at radius 1 is 1.24 bits per heavy atom. The monoisotopic (exact) mass is 328 g/mol. The van der Waals surface area contributed by atoms with Crippen molar-refractivity contribution < 1.29 is 14.3 Å². The third-order valence-corrected chi connectivity index (χ3v) is 3.36. The van der Waals surface area contributed by atoms with E-state index in [-0.39, 0.29) is 21.4 Å². The van der Waals surface area contributed by atoms with Gasteiger partial charge >= 0.3 is 5.97 Å². The Hall–Kier alpha value is -1.85. The van der Waals surface area contributed by atoms with Crippen molar-refractivity contribution in [2.45, 2.75) is 13.8 Å². The number of anilines is 2. The number of halogens is 3. The molecule has 4 nitrogen and oxygen atoms in total. The number of aryl methyl sites for hydroxylation is 2. The highest BCUT2D eigenvalue weighted by Crippen LogP contribution is 2.30. The smallest absolute Gasteiger partial charge is 0.339 e. The van der Waals surface area contributed by atoms with Gasteiger partial charge in [0.05, 0.1) is 10.0 Å². The van der Waals surface area contributed by atoms with Crippen LogP contribution in [0.25, 0.3) is 0 Å². The third-order valence-electron chi connectivity index (χ3n) is 2.81. The predicted octanol–water partition coefficient (Wildman–Crippen LogP) is 4.59. The summed E-state index contributed by atoms with van der Waals surface area (Å²) in [6.45, 7) is 3.42. The Bertz CT molecular complexity index is 712. The summed E-state index contributed by atoms with van der Waals surface area (Å²) in [5.74, 6) is -1.68. The number of carboxylic acids is 1. The minimum atomic E-state index is -1.11. The molecule has 0 amide bonds. The molecule has 1 aromatic heterocycles. The van der Waals surface area contributed by atoms with Crippen molar-refractivity contribution in [3.05, 3.63) is 50.9 Å². The van der Waals surface area contributed by atoms with Crippen LogP contribution in [0.3, 0.4) is 0 Å². The van der Waals surface area contributed by atoms with E-state index in [1.807, 2.05) is 0 Å². The first kappa shape index (κ1) is 15.5. The van der Waals surface area contributed by atoms with Gasteiger partial charge in [0.2, 0.25) is 0 Å². The van der Waals surface area contributed by atoms with Crippen LogP contribution < -0.4 is 5.32 Å². The van der Waals surface area contributed by atoms with Gasteiger partial charge in [-0.25, -0.2) is 14.2 Å². The van der Waals surface area contributed by atoms with Crippen molar-refractivity contribution in [1.82, 2.24) is 4.98 Å². The molecule has 0 atom stereocenters. The lowest BCUT2D eigenvalue weighted by molar-refractivity contribution is 0.0697. The molecule has 0 aliphatic rings. The maximum atomic E-state index is 13.4. The van der Waals surface area contributed by atoms with E-state index in [9.17, 15) is 14.3 Å². The first-order chi connectivity index (χ1) is 9.79. The molecule has 7 heteroatoms. The van der Waals surface area contributed by atoms with Crippen LogP contribution in [0, 0.1) is 19.7 Å². The molecule has 0 spiro atoms. The molecule has 2 N–H and O–H groups in total. The highest BCUT2D eigenvalue weighted by atomic mass is 35.5. The fourth-order valence-corrected chi connectivity index (χ4v) is 2.45. The molecule has 2 rings (SSSR count). The number of carbonyl (C=O) groups is 1. The van der Waals surface area contributed by atoms with Crippen LogP contribution in [0.2, 0.25) is 10.0 Å². The number of aromatic nitrogens is 1. The molecular formula is C14H11Cl2FN2O2. The molecule has 2 aromatic rings. The zero-order chi connectivity index (χ0) is 15.7. The van der Waals surface area contributed by atoms with Crippen LogP contribution in [0.1, 0.15) is 21.6 Å². The molecular weight excluding hydrogens is 318 g/mol. The minimum absolute atomic E-state index is 0.0390. The van der Waals surface area contributed by atoms with Crippen molar-refractivity contribution in [1.29, 1.82) is 0 Å². The van der Waals surface area contributed by atoms with Crippen molar-refractivity contribution >= 4 is 40.7 Å². The predicted molar refractivity (Wildman–Crippen MR) is 80.4 cm³/mol. The van der Waals surface area contributed by atoms with Crippen LogP contribution in [0.5, 0.6) is 0 Å². The molecule has 1 heterocycles. The third kappa shape index (κ3) is 3.25. The fourth-order valence-electron chi connectivity index (χ4n) is 1.96. The van der Waals surface area contributed by atoms with E-state index < -0.39 is 11.8 Å². The molecule has 0 radical (unpaired) electrons. The number of aromatic carboxylic acids is 1. The first-order valence-electron chi connectivity index (χ1n) is 5.92. The van der Waals surface area contributed by atoms with Gasteiger partial charge in [-0.3, -0.25) is 0 Å². The molecule has 21 heavy (non-hydrogen) atoms. The summed E-state index contributed by atoms with van der Waals surface area (Å²) in [6.07, 6.45) is 0. The highest BCUT2D eigenvalue weighted by Gasteiger charge is 2.17. The van der Waals surface area contributed by atoms with Crippen molar-refractivity contribution in [3.63, 3.8) is 0 Å². The quantitative estimate of drug-likeness (QED) is 0.809. The summed E-state index contributed by atoms with van der Waals surface area (Å²) >= 11 is 11.4. The average molecular weight is 329 g/mol. The Kier molecular flexibility index (Phi) is 4.34. The van der Waals surface area contributed by atoms with E-state index in [1.165, 1.54) is 12.1 Å². The maximum Gasteiger partial charge on any atom is 0.339 e. The van der Waals surface area contributed by atoms with Gasteiger partial charge in [0.15, 0.2) is 5.82 Å². The molecule has 0 unspecified atom stereocenters. The number of pyridine rings is 1. The highest BCUT2D eigenvalue weighted by molar-refractivity contribution is 6.35. The van der Waals surface area contributed by atoms with Gasteiger partial charge in [0.25, 0.3) is 0 Å². The summed E-state index contributed by atoms with van der Waals surface area (Å²) in [6, 6.07) is 4.29. The second-order valence-corrected chi connectivity index (χ2v) is 5.30. The van der Waals surface area contributed by atoms with E-state index in [0.717, 1.165) is 0 Å². The van der Waals surface area contributed by atoms with Crippen LogP contribution in [-0.2, 0) is 0 Å². The summed E-state index contributed by atoms with van der Waals surface area (Å²) < 4.78 is 13.4. The van der Waals surface area contributed by atoms with Gasteiger partial charge in [-0.15, -0.1) is 0 Å². The molecule has 0 bridgehead atoms. The number of hydrogen-bond donors (Lipinski definition) is 2. The number of nitrogens with one attached hydrogen (secondary N) is 1. The second kappa shape index (κ2) is 5.87. The van der Waals surface area contributed by atoms with Crippen molar-refractivity contribution in [2.75, 3.05) is 5.32 Å². The number of carboxylic acid groups (broad SMARTS) is 1. The molecule has 0 saturated heterocycles. The van der Waals surface area contributed by atoms with Gasteiger partial charge in [-0.1, -0.05) is 23.2 Å². The lowest BCUT2D eigenvalue weighted by Crippen LogP contribution is -2.08. The topological polar surface area (TPSA) is 62.2 Å². The van der Waals surface area contributed by atoms with Gasteiger partial charge in [0, 0.05) is 11.4 Å². The Morgan fingerprint density at radius 3 is 2.33 bits per heavy atom. The van der Waals surface area contributed by atoms with E-state index in [2.05, 4.69) is 10.3 Å². The zero-order valence-corrected chi connectivity index (χ0v) is 12.7. The van der Waals surface area contributed by atoms with E-state index in [4.69, 9.17) is 23.2 Å². The van der Waals surface area contributed by atoms with Gasteiger partial charge in [-0.05, 0) is 37.6 Å². The van der Waals surface area contributed by atoms with E-state index in [1.54, 1.807) is 19.9 Å². The van der Waals surface area contributed by atoms with Gasteiger partial charge in [-0.2, -0.15) is 0 Å². The maximum absolute atomic E-state index is 13.4. The molecule has 110 valence electrons. The van der Waals surface area contributed by atoms with Crippen LogP contribution in [0.4, 0.5) is 15.9 Å². The normalized spacial score (nSPS) is 10.5. The Labute approximate surface area is 130 Å². The molecule has 0 aliphatic heterocycles. The molecule has 0 aliphatic carbocycles. The SMILES string of the molecule is Cc1cc(C)c(C(=O)O)c(Nc2cc(Cl)c(F)c(Cl)c2)n1. The van der Waals surface area contributed by atoms with Crippen LogP contribution >= 0.6 is 23.2 Å². The standard InChI is InChI=1S/C14H11Cl2FN2O2/c1-6-3-7(2)18-13(11(6)14(20)21)19-8-4-9(15)12(17)10(16)5-8/h3-5H,1-2H3,(H,18,19)(H,20,21). The molecule has 1 aromatic carbocycles. The van der Waals surface area contributed by atoms with Crippen LogP contribution in [0.15, 0.2) is 18.2 Å². The van der Waals surface area contributed by atoms with E-state index in [0.29, 0.717) is 16.9 Å². The van der Waals surface area contributed by atoms with Crippen molar-refractivity contribution in [2.24, 2.45) is 0 Å².